The van der Waals surface area contributed by atoms with Crippen LogP contribution in [0.3, 0.4) is 0 Å². The van der Waals surface area contributed by atoms with E-state index in [0.717, 1.165) is 11.6 Å². The van der Waals surface area contributed by atoms with Crippen molar-refractivity contribution in [2.24, 2.45) is 0 Å². The Labute approximate surface area is 175 Å². The molecule has 1 spiro atoms. The van der Waals surface area contributed by atoms with Crippen molar-refractivity contribution in [3.05, 3.63) is 42.0 Å². The summed E-state index contributed by atoms with van der Waals surface area (Å²) in [5.41, 5.74) is -0.499. The number of carbonyl (C=O) groups is 2. The van der Waals surface area contributed by atoms with Crippen LogP contribution >= 0.6 is 0 Å². The number of aromatic nitrogens is 3. The van der Waals surface area contributed by atoms with Gasteiger partial charge < -0.3 is 19.3 Å². The molecule has 9 heteroatoms. The maximum atomic E-state index is 12.5. The van der Waals surface area contributed by atoms with Gasteiger partial charge in [-0.05, 0) is 19.1 Å². The molecule has 2 aliphatic rings. The lowest BCUT2D eigenvalue weighted by atomic mass is 9.91. The molecule has 0 saturated carbocycles. The number of carbonyl (C=O) groups excluding carboxylic acids is 2. The van der Waals surface area contributed by atoms with Gasteiger partial charge in [-0.15, -0.1) is 0 Å². The predicted octanol–water partition coefficient (Wildman–Crippen LogP) is 1.94. The molecule has 1 aromatic heterocycles. The zero-order chi connectivity index (χ0) is 21.0. The molecule has 0 unspecified atom stereocenters. The molecule has 9 nitrogen and oxygen atoms in total. The van der Waals surface area contributed by atoms with E-state index >= 15 is 0 Å². The molecule has 0 radical (unpaired) electrons. The number of hydrogen-bond donors (Lipinski definition) is 1. The Morgan fingerprint density at radius 1 is 1.27 bits per heavy atom. The summed E-state index contributed by atoms with van der Waals surface area (Å²) in [6.07, 6.45) is 1.91. The fraction of sp³-hybridized carbons (Fsp3) is 0.524. The number of para-hydroxylation sites is 1. The number of hydrogen-bond acceptors (Lipinski definition) is 6. The van der Waals surface area contributed by atoms with E-state index < -0.39 is 5.60 Å². The average Bonchev–Trinajstić information content (AvgIpc) is 3.30. The molecule has 2 aliphatic heterocycles. The van der Waals surface area contributed by atoms with E-state index in [1.54, 1.807) is 4.90 Å². The molecule has 2 aromatic rings. The molecule has 3 heterocycles. The summed E-state index contributed by atoms with van der Waals surface area (Å²) in [6, 6.07) is 9.53. The Kier molecular flexibility index (Phi) is 5.87. The monoisotopic (exact) mass is 413 g/mol. The molecule has 1 N–H and O–H groups in total. The second-order valence-corrected chi connectivity index (χ2v) is 7.85. The average molecular weight is 413 g/mol. The van der Waals surface area contributed by atoms with Gasteiger partial charge in [0.25, 0.3) is 0 Å². The van der Waals surface area contributed by atoms with Crippen LogP contribution in [0.15, 0.2) is 30.3 Å². The number of ether oxygens (including phenoxy) is 2. The third-order valence-electron chi connectivity index (χ3n) is 5.65. The number of likely N-dealkylation sites (tertiary alicyclic amines) is 1. The van der Waals surface area contributed by atoms with E-state index in [1.807, 2.05) is 42.2 Å². The zero-order valence-electron chi connectivity index (χ0n) is 17.2. The number of benzene rings is 1. The minimum Gasteiger partial charge on any atom is -0.492 e. The van der Waals surface area contributed by atoms with E-state index in [1.165, 1.54) is 0 Å². The number of aryl methyl sites for hydroxylation is 2. The number of H-pyrrole nitrogens is 1. The number of rotatable bonds is 7. The highest BCUT2D eigenvalue weighted by Crippen LogP contribution is 2.33. The first-order chi connectivity index (χ1) is 14.5. The first kappa shape index (κ1) is 20.2. The van der Waals surface area contributed by atoms with Gasteiger partial charge in [0.1, 0.15) is 23.8 Å². The van der Waals surface area contributed by atoms with Gasteiger partial charge >= 0.3 is 6.09 Å². The van der Waals surface area contributed by atoms with Gasteiger partial charge in [-0.3, -0.25) is 9.89 Å². The van der Waals surface area contributed by atoms with Crippen molar-refractivity contribution in [2.75, 3.05) is 32.8 Å². The maximum absolute atomic E-state index is 12.5. The third-order valence-corrected chi connectivity index (χ3v) is 5.65. The van der Waals surface area contributed by atoms with E-state index in [0.29, 0.717) is 64.3 Å². The van der Waals surface area contributed by atoms with Crippen molar-refractivity contribution in [1.82, 2.24) is 25.0 Å². The van der Waals surface area contributed by atoms with Crippen LogP contribution < -0.4 is 4.74 Å². The Balaban J connectivity index is 1.21. The number of aromatic amines is 1. The van der Waals surface area contributed by atoms with Crippen LogP contribution in [0, 0.1) is 6.92 Å². The van der Waals surface area contributed by atoms with Gasteiger partial charge in [-0.25, -0.2) is 9.78 Å². The van der Waals surface area contributed by atoms with Crippen LogP contribution in [-0.2, 0) is 16.0 Å². The van der Waals surface area contributed by atoms with Crippen molar-refractivity contribution in [3.8, 4) is 5.75 Å². The molecular weight excluding hydrogens is 386 g/mol. The SMILES string of the molecule is Cc1nc(CCC(=O)N2CCC3(CC2)CN(CCOc2ccccc2)C(=O)O3)n[nH]1. The molecule has 0 aliphatic carbocycles. The number of piperidine rings is 1. The fourth-order valence-corrected chi connectivity index (χ4v) is 3.96. The molecular formula is C21H27N5O4. The van der Waals surface area contributed by atoms with Crippen LogP contribution in [0.4, 0.5) is 4.79 Å². The minimum atomic E-state index is -0.499. The quantitative estimate of drug-likeness (QED) is 0.745. The maximum Gasteiger partial charge on any atom is 0.410 e. The largest absolute Gasteiger partial charge is 0.492 e. The molecule has 30 heavy (non-hydrogen) atoms. The minimum absolute atomic E-state index is 0.0877. The van der Waals surface area contributed by atoms with Gasteiger partial charge in [0, 0.05) is 38.8 Å². The molecule has 1 aromatic carbocycles. The number of nitrogens with one attached hydrogen (secondary N) is 1. The lowest BCUT2D eigenvalue weighted by Crippen LogP contribution is -2.49. The summed E-state index contributed by atoms with van der Waals surface area (Å²) in [7, 11) is 0. The first-order valence-electron chi connectivity index (χ1n) is 10.3. The molecule has 0 bridgehead atoms. The molecule has 0 atom stereocenters. The number of amides is 2. The lowest BCUT2D eigenvalue weighted by Gasteiger charge is -2.37. The smallest absolute Gasteiger partial charge is 0.410 e. The molecule has 2 fully saturated rings. The second-order valence-electron chi connectivity index (χ2n) is 7.85. The standard InChI is InChI=1S/C21H27N5O4/c1-16-22-18(24-23-16)7-8-19(27)25-11-9-21(10-12-25)15-26(20(28)30-21)13-14-29-17-5-3-2-4-6-17/h2-6H,7-15H2,1H3,(H,22,23,24). The first-order valence-corrected chi connectivity index (χ1v) is 10.3. The van der Waals surface area contributed by atoms with Crippen LogP contribution in [0.1, 0.15) is 30.9 Å². The van der Waals surface area contributed by atoms with Crippen LogP contribution in [0.5, 0.6) is 5.75 Å². The Bertz CT molecular complexity index is 877. The number of nitrogens with zero attached hydrogens (tertiary/aromatic N) is 4. The normalized spacial score (nSPS) is 18.0. The van der Waals surface area contributed by atoms with Crippen LogP contribution in [0.25, 0.3) is 0 Å². The van der Waals surface area contributed by atoms with Crippen LogP contribution in [0.2, 0.25) is 0 Å². The zero-order valence-corrected chi connectivity index (χ0v) is 17.2. The summed E-state index contributed by atoms with van der Waals surface area (Å²) < 4.78 is 11.4. The predicted molar refractivity (Wildman–Crippen MR) is 108 cm³/mol. The molecule has 2 amide bonds. The van der Waals surface area contributed by atoms with Crippen molar-refractivity contribution in [3.63, 3.8) is 0 Å². The Hall–Kier alpha value is -3.10. The van der Waals surface area contributed by atoms with E-state index in [4.69, 9.17) is 9.47 Å². The van der Waals surface area contributed by atoms with E-state index in [9.17, 15) is 9.59 Å². The summed E-state index contributed by atoms with van der Waals surface area (Å²) >= 11 is 0. The van der Waals surface area contributed by atoms with Gasteiger partial charge in [0.2, 0.25) is 5.91 Å². The Morgan fingerprint density at radius 2 is 2.03 bits per heavy atom. The molecule has 4 rings (SSSR count). The topological polar surface area (TPSA) is 101 Å². The van der Waals surface area contributed by atoms with Gasteiger partial charge in [0.15, 0.2) is 5.82 Å². The summed E-state index contributed by atoms with van der Waals surface area (Å²) in [5, 5.41) is 6.86. The van der Waals surface area contributed by atoms with Crippen molar-refractivity contribution < 1.29 is 19.1 Å². The summed E-state index contributed by atoms with van der Waals surface area (Å²) in [6.45, 7) is 4.46. The van der Waals surface area contributed by atoms with Gasteiger partial charge in [-0.1, -0.05) is 18.2 Å². The lowest BCUT2D eigenvalue weighted by molar-refractivity contribution is -0.134. The van der Waals surface area contributed by atoms with E-state index in [-0.39, 0.29) is 12.0 Å². The summed E-state index contributed by atoms with van der Waals surface area (Å²) in [5.74, 6) is 2.28. The fourth-order valence-electron chi connectivity index (χ4n) is 3.96. The third kappa shape index (κ3) is 4.72. The van der Waals surface area contributed by atoms with E-state index in [2.05, 4.69) is 15.2 Å². The highest BCUT2D eigenvalue weighted by Gasteiger charge is 2.47. The van der Waals surface area contributed by atoms with Crippen molar-refractivity contribution in [2.45, 2.75) is 38.2 Å². The van der Waals surface area contributed by atoms with Gasteiger partial charge in [-0.2, -0.15) is 5.10 Å². The van der Waals surface area contributed by atoms with Crippen molar-refractivity contribution in [1.29, 1.82) is 0 Å². The highest BCUT2D eigenvalue weighted by molar-refractivity contribution is 5.76. The summed E-state index contributed by atoms with van der Waals surface area (Å²) in [4.78, 5) is 32.6. The molecule has 2 saturated heterocycles. The molecule has 160 valence electrons. The second kappa shape index (κ2) is 8.73. The Morgan fingerprint density at radius 3 is 2.73 bits per heavy atom. The van der Waals surface area contributed by atoms with Gasteiger partial charge in [0.05, 0.1) is 13.1 Å². The van der Waals surface area contributed by atoms with Crippen LogP contribution in [-0.4, -0.2) is 75.4 Å². The highest BCUT2D eigenvalue weighted by atomic mass is 16.6. The van der Waals surface area contributed by atoms with Crippen molar-refractivity contribution >= 4 is 12.0 Å².